The maximum Gasteiger partial charge on any atom is 0.161 e. The number of anilines is 3. The van der Waals surface area contributed by atoms with Crippen molar-refractivity contribution in [3.8, 4) is 11.4 Å². The number of rotatable bonds is 6. The molecule has 1 atom stereocenters. The quantitative estimate of drug-likeness (QED) is 0.366. The number of allylic oxidation sites excluding steroid dienone is 1. The molecule has 0 fully saturated rings. The van der Waals surface area contributed by atoms with Crippen molar-refractivity contribution in [2.75, 3.05) is 16.8 Å². The van der Waals surface area contributed by atoms with E-state index in [-0.39, 0.29) is 11.6 Å². The Morgan fingerprint density at radius 1 is 1.00 bits per heavy atom. The average molecular weight is 453 g/mol. The molecule has 2 aromatic carbocycles. The van der Waals surface area contributed by atoms with Crippen LogP contribution in [0.4, 0.5) is 17.2 Å². The van der Waals surface area contributed by atoms with Crippen LogP contribution in [0.5, 0.6) is 0 Å². The Morgan fingerprint density at radius 3 is 2.56 bits per heavy atom. The van der Waals surface area contributed by atoms with Gasteiger partial charge in [0.2, 0.25) is 0 Å². The predicted molar refractivity (Wildman–Crippen MR) is 143 cm³/mol. The minimum absolute atomic E-state index is 0.0543. The first-order valence-electron chi connectivity index (χ1n) is 12.8. The van der Waals surface area contributed by atoms with Crippen molar-refractivity contribution < 1.29 is 0 Å². The Kier molecular flexibility index (Phi) is 5.93. The van der Waals surface area contributed by atoms with Gasteiger partial charge in [0.1, 0.15) is 11.9 Å². The van der Waals surface area contributed by atoms with E-state index in [0.717, 1.165) is 42.2 Å². The lowest BCUT2D eigenvalue weighted by Gasteiger charge is -2.32. The number of para-hydroxylation sites is 1. The lowest BCUT2D eigenvalue weighted by molar-refractivity contribution is 0.499. The lowest BCUT2D eigenvalue weighted by Crippen LogP contribution is -2.36. The van der Waals surface area contributed by atoms with E-state index >= 15 is 0 Å². The van der Waals surface area contributed by atoms with Gasteiger partial charge in [0, 0.05) is 23.7 Å². The second-order valence-electron chi connectivity index (χ2n) is 9.79. The van der Waals surface area contributed by atoms with Gasteiger partial charge in [0.15, 0.2) is 11.6 Å². The van der Waals surface area contributed by atoms with Crippen molar-refractivity contribution in [2.24, 2.45) is 0 Å². The zero-order chi connectivity index (χ0) is 23.9. The van der Waals surface area contributed by atoms with Gasteiger partial charge in [0.05, 0.1) is 6.20 Å². The first kappa shape index (κ1) is 22.6. The molecule has 1 unspecified atom stereocenters. The van der Waals surface area contributed by atoms with E-state index < -0.39 is 0 Å². The van der Waals surface area contributed by atoms with Crippen LogP contribution >= 0.6 is 0 Å². The van der Waals surface area contributed by atoms with E-state index in [1.165, 1.54) is 35.2 Å². The molecular weight excluding hydrogens is 416 g/mol. The van der Waals surface area contributed by atoms with Crippen LogP contribution in [-0.4, -0.2) is 23.2 Å². The maximum absolute atomic E-state index is 5.13. The molecule has 0 saturated carbocycles. The van der Waals surface area contributed by atoms with Crippen LogP contribution in [-0.2, 0) is 11.8 Å². The minimum Gasteiger partial charge on any atom is -0.334 e. The number of nitrogens with zero attached hydrogens (tertiary/aromatic N) is 4. The number of aromatic nitrogens is 2. The molecule has 3 heterocycles. The van der Waals surface area contributed by atoms with E-state index in [2.05, 4.69) is 99.2 Å². The zero-order valence-electron chi connectivity index (χ0n) is 21.2. The molecule has 3 aromatic rings. The topological polar surface area (TPSA) is 32.3 Å². The number of unbranched alkanes of at least 4 members (excludes halogenated alkanes) is 1. The van der Waals surface area contributed by atoms with Gasteiger partial charge in [-0.2, -0.15) is 0 Å². The van der Waals surface area contributed by atoms with Gasteiger partial charge in [0.25, 0.3) is 0 Å². The van der Waals surface area contributed by atoms with Gasteiger partial charge in [-0.3, -0.25) is 0 Å². The third-order valence-electron chi connectivity index (χ3n) is 7.92. The largest absolute Gasteiger partial charge is 0.334 e. The van der Waals surface area contributed by atoms with Crippen molar-refractivity contribution in [1.82, 2.24) is 9.97 Å². The van der Waals surface area contributed by atoms with E-state index in [4.69, 9.17) is 9.97 Å². The highest BCUT2D eigenvalue weighted by Gasteiger charge is 2.41. The highest BCUT2D eigenvalue weighted by atomic mass is 15.4. The summed E-state index contributed by atoms with van der Waals surface area (Å²) in [7, 11) is 2.16. The van der Waals surface area contributed by atoms with Crippen LogP contribution in [0.25, 0.3) is 11.4 Å². The standard InChI is InChI=1S/C30H36N4/c1-6-9-12-22-16-15-21(4)23(19-22)28-31-20-26-29(32-28)33(5)27-17-18-30(7-2,8-3)24-13-10-11-14-25(24)34(26)27/h10-11,13-20,27H,6-9,12H2,1-5H3. The number of aryl methyl sites for hydroxylation is 2. The minimum atomic E-state index is 0.0543. The highest BCUT2D eigenvalue weighted by molar-refractivity contribution is 5.85. The molecule has 2 aliphatic heterocycles. The van der Waals surface area contributed by atoms with Gasteiger partial charge in [-0.25, -0.2) is 9.97 Å². The Balaban J connectivity index is 1.61. The molecule has 34 heavy (non-hydrogen) atoms. The van der Waals surface area contributed by atoms with Crippen LogP contribution in [0.15, 0.2) is 60.8 Å². The normalized spacial score (nSPS) is 17.9. The Hall–Kier alpha value is -3.14. The summed E-state index contributed by atoms with van der Waals surface area (Å²) in [5.74, 6) is 1.81. The molecule has 0 amide bonds. The van der Waals surface area contributed by atoms with Gasteiger partial charge < -0.3 is 9.80 Å². The SMILES string of the molecule is CCCCc1ccc(C)c(-c2ncc3c(n2)N(C)C2C=CC(CC)(CC)c4ccccc4N32)c1. The molecule has 4 nitrogen and oxygen atoms in total. The monoisotopic (exact) mass is 452 g/mol. The highest BCUT2D eigenvalue weighted by Crippen LogP contribution is 2.50. The Labute approximate surface area is 204 Å². The fourth-order valence-electron chi connectivity index (χ4n) is 5.63. The van der Waals surface area contributed by atoms with Crippen LogP contribution in [0.2, 0.25) is 0 Å². The third kappa shape index (κ3) is 3.51. The molecule has 4 heteroatoms. The second kappa shape index (κ2) is 8.90. The molecule has 176 valence electrons. The summed E-state index contributed by atoms with van der Waals surface area (Å²) < 4.78 is 0. The van der Waals surface area contributed by atoms with E-state index in [1.807, 2.05) is 6.20 Å². The Morgan fingerprint density at radius 2 is 1.79 bits per heavy atom. The summed E-state index contributed by atoms with van der Waals surface area (Å²) in [4.78, 5) is 14.8. The summed E-state index contributed by atoms with van der Waals surface area (Å²) in [6.07, 6.45) is 12.6. The molecule has 0 spiro atoms. The van der Waals surface area contributed by atoms with Crippen LogP contribution in [0, 0.1) is 6.92 Å². The third-order valence-corrected chi connectivity index (χ3v) is 7.92. The second-order valence-corrected chi connectivity index (χ2v) is 9.79. The van der Waals surface area contributed by atoms with Crippen molar-refractivity contribution in [3.05, 3.63) is 77.5 Å². The van der Waals surface area contributed by atoms with E-state index in [1.54, 1.807) is 0 Å². The first-order valence-corrected chi connectivity index (χ1v) is 12.8. The molecular formula is C30H36N4. The summed E-state index contributed by atoms with van der Waals surface area (Å²) in [6, 6.07) is 15.6. The summed E-state index contributed by atoms with van der Waals surface area (Å²) in [5, 5.41) is 0. The summed E-state index contributed by atoms with van der Waals surface area (Å²) >= 11 is 0. The molecule has 5 rings (SSSR count). The summed E-state index contributed by atoms with van der Waals surface area (Å²) in [6.45, 7) is 8.99. The van der Waals surface area contributed by atoms with Crippen LogP contribution in [0.3, 0.4) is 0 Å². The number of hydrogen-bond donors (Lipinski definition) is 0. The smallest absolute Gasteiger partial charge is 0.161 e. The molecule has 0 N–H and O–H groups in total. The van der Waals surface area contributed by atoms with E-state index in [9.17, 15) is 0 Å². The molecule has 0 bridgehead atoms. The van der Waals surface area contributed by atoms with Crippen molar-refractivity contribution in [1.29, 1.82) is 0 Å². The van der Waals surface area contributed by atoms with Gasteiger partial charge in [-0.15, -0.1) is 0 Å². The van der Waals surface area contributed by atoms with Crippen molar-refractivity contribution >= 4 is 17.2 Å². The summed E-state index contributed by atoms with van der Waals surface area (Å²) in [5.41, 5.74) is 7.51. The molecule has 1 aromatic heterocycles. The van der Waals surface area contributed by atoms with Gasteiger partial charge in [-0.1, -0.05) is 63.6 Å². The van der Waals surface area contributed by atoms with Crippen LogP contribution < -0.4 is 9.80 Å². The number of likely N-dealkylation sites (N-methyl/N-ethyl adjacent to an activating group) is 1. The molecule has 0 saturated heterocycles. The maximum atomic E-state index is 5.13. The van der Waals surface area contributed by atoms with Gasteiger partial charge >= 0.3 is 0 Å². The fourth-order valence-corrected chi connectivity index (χ4v) is 5.63. The predicted octanol–water partition coefficient (Wildman–Crippen LogP) is 7.34. The zero-order valence-corrected chi connectivity index (χ0v) is 21.2. The lowest BCUT2D eigenvalue weighted by atomic mass is 9.75. The molecule has 2 aliphatic rings. The Bertz CT molecular complexity index is 1220. The fraction of sp³-hybridized carbons (Fsp3) is 0.400. The number of hydrogen-bond acceptors (Lipinski definition) is 4. The average Bonchev–Trinajstić information content (AvgIpc) is 3.06. The van der Waals surface area contributed by atoms with E-state index in [0.29, 0.717) is 0 Å². The molecule has 0 radical (unpaired) electrons. The van der Waals surface area contributed by atoms with Crippen molar-refractivity contribution in [3.63, 3.8) is 0 Å². The van der Waals surface area contributed by atoms with Crippen molar-refractivity contribution in [2.45, 2.75) is 71.4 Å². The number of fused-ring (bicyclic) bond motifs is 5. The first-order chi connectivity index (χ1) is 16.5. The van der Waals surface area contributed by atoms with Crippen LogP contribution in [0.1, 0.15) is 63.1 Å². The number of benzene rings is 2. The molecule has 0 aliphatic carbocycles. The van der Waals surface area contributed by atoms with Gasteiger partial charge in [-0.05, 0) is 67.5 Å².